The van der Waals surface area contributed by atoms with E-state index in [2.05, 4.69) is 24.9 Å². The Kier molecular flexibility index (Phi) is 5.50. The third kappa shape index (κ3) is 3.59. The minimum Gasteiger partial charge on any atom is -0.496 e. The molecule has 152 valence electrons. The molecule has 1 aliphatic heterocycles. The predicted molar refractivity (Wildman–Crippen MR) is 109 cm³/mol. The van der Waals surface area contributed by atoms with Crippen LogP contribution in [0.1, 0.15) is 44.6 Å². The van der Waals surface area contributed by atoms with E-state index in [1.165, 1.54) is 24.0 Å². The van der Waals surface area contributed by atoms with Crippen LogP contribution in [0.15, 0.2) is 36.4 Å². The van der Waals surface area contributed by atoms with Gasteiger partial charge in [-0.05, 0) is 55.1 Å². The summed E-state index contributed by atoms with van der Waals surface area (Å²) in [4.78, 5) is 12.6. The molecule has 2 aliphatic carbocycles. The molecule has 1 heterocycles. The van der Waals surface area contributed by atoms with Gasteiger partial charge in [0.2, 0.25) is 0 Å². The van der Waals surface area contributed by atoms with Crippen molar-refractivity contribution in [2.24, 2.45) is 23.2 Å². The molecule has 1 aromatic carbocycles. The number of para-hydroxylation sites is 1. The van der Waals surface area contributed by atoms with Gasteiger partial charge < -0.3 is 14.8 Å². The van der Waals surface area contributed by atoms with Crippen LogP contribution >= 0.6 is 0 Å². The van der Waals surface area contributed by atoms with Crippen LogP contribution in [-0.4, -0.2) is 32.3 Å². The van der Waals surface area contributed by atoms with Gasteiger partial charge in [0.15, 0.2) is 0 Å². The third-order valence-corrected chi connectivity index (χ3v) is 7.55. The number of quaternary nitrogens is 1. The van der Waals surface area contributed by atoms with Gasteiger partial charge in [0.25, 0.3) is 0 Å². The third-order valence-electron chi connectivity index (χ3n) is 7.55. The monoisotopic (exact) mass is 384 g/mol. The molecule has 3 fully saturated rings. The molecule has 0 aromatic heterocycles. The minimum atomic E-state index is 0.0244. The number of allylic oxidation sites excluding steroid dienone is 1. The number of methoxy groups -OCH3 is 1. The van der Waals surface area contributed by atoms with Crippen molar-refractivity contribution < 1.29 is 19.6 Å². The molecule has 5 atom stereocenters. The van der Waals surface area contributed by atoms with Crippen molar-refractivity contribution >= 4 is 5.97 Å². The number of carbonyl (C=O) groups is 1. The molecule has 4 rings (SSSR count). The van der Waals surface area contributed by atoms with Crippen LogP contribution in [0.3, 0.4) is 0 Å². The van der Waals surface area contributed by atoms with E-state index >= 15 is 0 Å². The first-order valence-corrected chi connectivity index (χ1v) is 10.8. The van der Waals surface area contributed by atoms with Crippen molar-refractivity contribution in [3.63, 3.8) is 0 Å². The van der Waals surface area contributed by atoms with Crippen molar-refractivity contribution in [2.75, 3.05) is 20.2 Å². The summed E-state index contributed by atoms with van der Waals surface area (Å²) in [6.45, 7) is 8.55. The summed E-state index contributed by atoms with van der Waals surface area (Å²) in [5.74, 6) is 1.92. The molecule has 0 radical (unpaired) electrons. The van der Waals surface area contributed by atoms with Crippen molar-refractivity contribution in [3.8, 4) is 5.75 Å². The molecule has 1 aromatic rings. The fraction of sp³-hybridized carbons (Fsp3) is 0.625. The molecule has 0 spiro atoms. The van der Waals surface area contributed by atoms with Crippen molar-refractivity contribution in [3.05, 3.63) is 42.0 Å². The molecule has 4 heteroatoms. The second kappa shape index (κ2) is 7.90. The zero-order valence-corrected chi connectivity index (χ0v) is 17.3. The smallest absolute Gasteiger partial charge is 0.315 e. The van der Waals surface area contributed by atoms with E-state index in [9.17, 15) is 4.79 Å². The lowest BCUT2D eigenvalue weighted by Crippen LogP contribution is -2.86. The molecule has 0 amide bonds. The van der Waals surface area contributed by atoms with Crippen LogP contribution in [0.5, 0.6) is 5.75 Å². The Morgan fingerprint density at radius 1 is 1.36 bits per heavy atom. The molecular formula is C24H34NO3+. The lowest BCUT2D eigenvalue weighted by atomic mass is 9.55. The molecule has 3 aliphatic rings. The fourth-order valence-corrected chi connectivity index (χ4v) is 5.99. The van der Waals surface area contributed by atoms with Gasteiger partial charge in [-0.1, -0.05) is 37.3 Å². The summed E-state index contributed by atoms with van der Waals surface area (Å²) >= 11 is 0. The van der Waals surface area contributed by atoms with Crippen molar-refractivity contribution in [2.45, 2.75) is 51.6 Å². The van der Waals surface area contributed by atoms with E-state index < -0.39 is 0 Å². The van der Waals surface area contributed by atoms with E-state index in [0.29, 0.717) is 11.8 Å². The minimum absolute atomic E-state index is 0.0244. The van der Waals surface area contributed by atoms with E-state index in [1.54, 1.807) is 7.11 Å². The standard InChI is InChI=1S/C24H33NO3/c1-16-7-6-11-24(2)14-22-18(13-20(16)24)19(23(26)28-22)15-25-12-10-17-8-4-5-9-21(17)27-3/h4-5,8-9,18-20,22,25H,1,6-7,10-15H2,2-3H3/p+1/t18-,19+,20+,22-,24-/m1/s1. The maximum absolute atomic E-state index is 12.6. The van der Waals surface area contributed by atoms with E-state index in [-0.39, 0.29) is 23.4 Å². The van der Waals surface area contributed by atoms with Crippen LogP contribution in [0.2, 0.25) is 0 Å². The highest BCUT2D eigenvalue weighted by Gasteiger charge is 2.55. The number of esters is 1. The number of carbonyl (C=O) groups excluding carboxylic acids is 1. The summed E-state index contributed by atoms with van der Waals surface area (Å²) in [6.07, 6.45) is 6.79. The first kappa shape index (κ1) is 19.5. The molecule has 0 unspecified atom stereocenters. The molecule has 1 saturated heterocycles. The normalized spacial score (nSPS) is 34.5. The number of rotatable bonds is 6. The van der Waals surface area contributed by atoms with Gasteiger partial charge in [-0.15, -0.1) is 0 Å². The topological polar surface area (TPSA) is 52.1 Å². The van der Waals surface area contributed by atoms with Crippen LogP contribution in [0.4, 0.5) is 0 Å². The Morgan fingerprint density at radius 3 is 3.00 bits per heavy atom. The number of hydrogen-bond donors (Lipinski definition) is 1. The first-order valence-electron chi connectivity index (χ1n) is 10.8. The second-order valence-corrected chi connectivity index (χ2v) is 9.28. The Labute approximate surface area is 168 Å². The van der Waals surface area contributed by atoms with Crippen molar-refractivity contribution in [1.29, 1.82) is 0 Å². The largest absolute Gasteiger partial charge is 0.496 e. The SMILES string of the molecule is C=C1CCC[C@]2(C)C[C@H]3OC(=O)[C@@H](C[NH2+]CCc4ccccc4OC)[C@H]3C[C@@H]12. The zero-order valence-electron chi connectivity index (χ0n) is 17.3. The maximum Gasteiger partial charge on any atom is 0.315 e. The summed E-state index contributed by atoms with van der Waals surface area (Å²) in [7, 11) is 1.72. The number of ether oxygens (including phenoxy) is 2. The number of nitrogens with two attached hydrogens (primary N) is 1. The number of benzene rings is 1. The first-order chi connectivity index (χ1) is 13.5. The Morgan fingerprint density at radius 2 is 2.18 bits per heavy atom. The van der Waals surface area contributed by atoms with Crippen LogP contribution in [-0.2, 0) is 16.0 Å². The van der Waals surface area contributed by atoms with Gasteiger partial charge >= 0.3 is 5.97 Å². The predicted octanol–water partition coefficient (Wildman–Crippen LogP) is 3.12. The highest BCUT2D eigenvalue weighted by molar-refractivity contribution is 5.75. The lowest BCUT2D eigenvalue weighted by Gasteiger charge is -2.49. The molecule has 0 bridgehead atoms. The van der Waals surface area contributed by atoms with Gasteiger partial charge in [0.05, 0.1) is 20.2 Å². The van der Waals surface area contributed by atoms with Crippen LogP contribution in [0, 0.1) is 23.2 Å². The Balaban J connectivity index is 1.35. The molecular weight excluding hydrogens is 350 g/mol. The van der Waals surface area contributed by atoms with Gasteiger partial charge in [0, 0.05) is 12.3 Å². The molecule has 28 heavy (non-hydrogen) atoms. The summed E-state index contributed by atoms with van der Waals surface area (Å²) in [5, 5.41) is 2.28. The quantitative estimate of drug-likeness (QED) is 0.466. The highest BCUT2D eigenvalue weighted by Crippen LogP contribution is 2.56. The summed E-state index contributed by atoms with van der Waals surface area (Å²) in [6, 6.07) is 8.16. The highest BCUT2D eigenvalue weighted by atomic mass is 16.6. The summed E-state index contributed by atoms with van der Waals surface area (Å²) in [5.41, 5.74) is 2.91. The average molecular weight is 385 g/mol. The number of hydrogen-bond acceptors (Lipinski definition) is 3. The number of fused-ring (bicyclic) bond motifs is 2. The van der Waals surface area contributed by atoms with Crippen LogP contribution < -0.4 is 10.1 Å². The Hall–Kier alpha value is -1.81. The molecule has 4 nitrogen and oxygen atoms in total. The second-order valence-electron chi connectivity index (χ2n) is 9.28. The zero-order chi connectivity index (χ0) is 19.7. The average Bonchev–Trinajstić information content (AvgIpc) is 2.97. The van der Waals surface area contributed by atoms with Gasteiger partial charge in [-0.3, -0.25) is 4.79 Å². The van der Waals surface area contributed by atoms with Crippen molar-refractivity contribution in [1.82, 2.24) is 0 Å². The van der Waals surface area contributed by atoms with E-state index in [4.69, 9.17) is 9.47 Å². The molecule has 2 saturated carbocycles. The van der Waals surface area contributed by atoms with E-state index in [1.807, 2.05) is 18.2 Å². The van der Waals surface area contributed by atoms with Gasteiger partial charge in [-0.2, -0.15) is 0 Å². The van der Waals surface area contributed by atoms with Gasteiger partial charge in [0.1, 0.15) is 17.8 Å². The van der Waals surface area contributed by atoms with Crippen LogP contribution in [0.25, 0.3) is 0 Å². The summed E-state index contributed by atoms with van der Waals surface area (Å²) < 4.78 is 11.3. The lowest BCUT2D eigenvalue weighted by molar-refractivity contribution is -0.658. The Bertz CT molecular complexity index is 745. The molecule has 2 N–H and O–H groups in total. The maximum atomic E-state index is 12.6. The van der Waals surface area contributed by atoms with E-state index in [0.717, 1.165) is 44.5 Å². The van der Waals surface area contributed by atoms with Gasteiger partial charge in [-0.25, -0.2) is 0 Å². The fourth-order valence-electron chi connectivity index (χ4n) is 5.99.